The van der Waals surface area contributed by atoms with Gasteiger partial charge in [-0.3, -0.25) is 9.36 Å². The quantitative estimate of drug-likeness (QED) is 0.727. The third kappa shape index (κ3) is 2.27. The van der Waals surface area contributed by atoms with E-state index in [0.29, 0.717) is 0 Å². The normalized spacial score (nSPS) is 11.1. The number of unbranched alkanes of at least 4 members (excludes halogenated alkanes) is 1. The number of rotatable bonds is 4. The van der Waals surface area contributed by atoms with E-state index < -0.39 is 0 Å². The van der Waals surface area contributed by atoms with Crippen molar-refractivity contribution < 1.29 is 0 Å². The van der Waals surface area contributed by atoms with Gasteiger partial charge in [-0.15, -0.1) is 11.3 Å². The zero-order valence-corrected chi connectivity index (χ0v) is 12.2. The monoisotopic (exact) mass is 284 g/mol. The molecule has 0 bridgehead atoms. The summed E-state index contributed by atoms with van der Waals surface area (Å²) in [5.41, 5.74) is 2.14. The minimum atomic E-state index is 0.0727. The zero-order chi connectivity index (χ0) is 13.9. The lowest BCUT2D eigenvalue weighted by atomic mass is 10.1. The van der Waals surface area contributed by atoms with Crippen molar-refractivity contribution in [2.75, 3.05) is 0 Å². The Hall–Kier alpha value is -1.94. The maximum absolute atomic E-state index is 12.6. The van der Waals surface area contributed by atoms with Crippen LogP contribution in [0.5, 0.6) is 0 Å². The lowest BCUT2D eigenvalue weighted by molar-refractivity contribution is 0.609. The summed E-state index contributed by atoms with van der Waals surface area (Å²) >= 11 is 1.53. The molecule has 0 aliphatic rings. The Balaban J connectivity index is 2.18. The molecule has 2 heterocycles. The summed E-state index contributed by atoms with van der Waals surface area (Å²) in [6, 6.07) is 10.0. The fourth-order valence-electron chi connectivity index (χ4n) is 2.29. The van der Waals surface area contributed by atoms with E-state index in [0.717, 1.165) is 40.7 Å². The van der Waals surface area contributed by atoms with E-state index in [1.54, 1.807) is 10.9 Å². The Labute approximate surface area is 121 Å². The van der Waals surface area contributed by atoms with Crippen LogP contribution in [0.2, 0.25) is 0 Å². The molecule has 0 unspecified atom stereocenters. The highest BCUT2D eigenvalue weighted by molar-refractivity contribution is 7.17. The standard InChI is InChI=1S/C16H16N2OS/c1-2-3-9-18-11-17-15-14(16(18)19)13(10-20-15)12-7-5-4-6-8-12/h4-8,10-11H,2-3,9H2,1H3. The summed E-state index contributed by atoms with van der Waals surface area (Å²) in [5, 5.41) is 2.78. The second-order valence-corrected chi connectivity index (χ2v) is 5.65. The summed E-state index contributed by atoms with van der Waals surface area (Å²) in [6.07, 6.45) is 3.74. The van der Waals surface area contributed by atoms with Crippen molar-refractivity contribution in [1.82, 2.24) is 9.55 Å². The lowest BCUT2D eigenvalue weighted by Gasteiger charge is -2.05. The summed E-state index contributed by atoms with van der Waals surface area (Å²) < 4.78 is 1.73. The predicted molar refractivity (Wildman–Crippen MR) is 84.2 cm³/mol. The van der Waals surface area contributed by atoms with Crippen molar-refractivity contribution >= 4 is 21.6 Å². The van der Waals surface area contributed by atoms with Gasteiger partial charge in [0, 0.05) is 17.5 Å². The largest absolute Gasteiger partial charge is 0.299 e. The molecule has 0 atom stereocenters. The van der Waals surface area contributed by atoms with Crippen LogP contribution in [0.25, 0.3) is 21.3 Å². The van der Waals surface area contributed by atoms with Gasteiger partial charge in [0.1, 0.15) is 4.83 Å². The van der Waals surface area contributed by atoms with Crippen molar-refractivity contribution in [2.24, 2.45) is 0 Å². The molecule has 0 saturated carbocycles. The Morgan fingerprint density at radius 1 is 1.25 bits per heavy atom. The molecule has 0 N–H and O–H groups in total. The molecule has 0 aliphatic heterocycles. The number of thiophene rings is 1. The van der Waals surface area contributed by atoms with E-state index in [-0.39, 0.29) is 5.56 Å². The van der Waals surface area contributed by atoms with Gasteiger partial charge in [-0.05, 0) is 12.0 Å². The summed E-state index contributed by atoms with van der Waals surface area (Å²) in [6.45, 7) is 2.86. The molecular weight excluding hydrogens is 268 g/mol. The fourth-order valence-corrected chi connectivity index (χ4v) is 3.19. The maximum atomic E-state index is 12.6. The van der Waals surface area contributed by atoms with E-state index in [1.807, 2.05) is 35.7 Å². The van der Waals surface area contributed by atoms with E-state index in [1.165, 1.54) is 11.3 Å². The summed E-state index contributed by atoms with van der Waals surface area (Å²) in [7, 11) is 0. The predicted octanol–water partition coefficient (Wildman–Crippen LogP) is 3.93. The number of fused-ring (bicyclic) bond motifs is 1. The average Bonchev–Trinajstić information content (AvgIpc) is 2.92. The van der Waals surface area contributed by atoms with Gasteiger partial charge >= 0.3 is 0 Å². The molecule has 0 spiro atoms. The van der Waals surface area contributed by atoms with E-state index in [4.69, 9.17) is 0 Å². The van der Waals surface area contributed by atoms with Gasteiger partial charge in [0.15, 0.2) is 0 Å². The lowest BCUT2D eigenvalue weighted by Crippen LogP contribution is -2.20. The first kappa shape index (κ1) is 13.1. The van der Waals surface area contributed by atoms with E-state index >= 15 is 0 Å². The van der Waals surface area contributed by atoms with Crippen LogP contribution in [0.3, 0.4) is 0 Å². The Kier molecular flexibility index (Phi) is 3.65. The van der Waals surface area contributed by atoms with Gasteiger partial charge in [0.25, 0.3) is 5.56 Å². The zero-order valence-electron chi connectivity index (χ0n) is 11.4. The van der Waals surface area contributed by atoms with Crippen molar-refractivity contribution in [3.63, 3.8) is 0 Å². The molecule has 0 radical (unpaired) electrons. The first-order valence-electron chi connectivity index (χ1n) is 6.83. The number of aryl methyl sites for hydroxylation is 1. The van der Waals surface area contributed by atoms with Gasteiger partial charge in [0.05, 0.1) is 11.7 Å². The number of benzene rings is 1. The Morgan fingerprint density at radius 2 is 2.05 bits per heavy atom. The summed E-state index contributed by atoms with van der Waals surface area (Å²) in [4.78, 5) is 17.9. The molecule has 0 aliphatic carbocycles. The number of hydrogen-bond donors (Lipinski definition) is 0. The van der Waals surface area contributed by atoms with Gasteiger partial charge in [0.2, 0.25) is 0 Å². The van der Waals surface area contributed by atoms with Gasteiger partial charge < -0.3 is 0 Å². The van der Waals surface area contributed by atoms with Crippen molar-refractivity contribution in [1.29, 1.82) is 0 Å². The Bertz CT molecular complexity index is 774. The fraction of sp³-hybridized carbons (Fsp3) is 0.250. The number of hydrogen-bond acceptors (Lipinski definition) is 3. The molecule has 102 valence electrons. The van der Waals surface area contributed by atoms with Crippen LogP contribution < -0.4 is 5.56 Å². The molecule has 0 amide bonds. The molecule has 4 heteroatoms. The van der Waals surface area contributed by atoms with Gasteiger partial charge in [-0.1, -0.05) is 43.7 Å². The van der Waals surface area contributed by atoms with Crippen LogP contribution in [-0.4, -0.2) is 9.55 Å². The Morgan fingerprint density at radius 3 is 2.80 bits per heavy atom. The van der Waals surface area contributed by atoms with Crippen LogP contribution in [-0.2, 0) is 6.54 Å². The second-order valence-electron chi connectivity index (χ2n) is 4.79. The molecule has 0 saturated heterocycles. The van der Waals surface area contributed by atoms with Crippen molar-refractivity contribution in [3.05, 3.63) is 52.4 Å². The first-order valence-corrected chi connectivity index (χ1v) is 7.71. The molecule has 20 heavy (non-hydrogen) atoms. The molecule has 3 rings (SSSR count). The molecule has 2 aromatic heterocycles. The van der Waals surface area contributed by atoms with Crippen LogP contribution in [0.1, 0.15) is 19.8 Å². The van der Waals surface area contributed by atoms with E-state index in [2.05, 4.69) is 11.9 Å². The van der Waals surface area contributed by atoms with Crippen LogP contribution >= 0.6 is 11.3 Å². The first-order chi connectivity index (χ1) is 9.81. The summed E-state index contributed by atoms with van der Waals surface area (Å²) in [5.74, 6) is 0. The third-order valence-electron chi connectivity index (χ3n) is 3.40. The molecule has 1 aromatic carbocycles. The number of nitrogens with zero attached hydrogens (tertiary/aromatic N) is 2. The van der Waals surface area contributed by atoms with Crippen molar-refractivity contribution in [3.8, 4) is 11.1 Å². The molecule has 3 nitrogen and oxygen atoms in total. The van der Waals surface area contributed by atoms with E-state index in [9.17, 15) is 4.79 Å². The third-order valence-corrected chi connectivity index (χ3v) is 4.28. The minimum Gasteiger partial charge on any atom is -0.299 e. The number of aromatic nitrogens is 2. The topological polar surface area (TPSA) is 34.9 Å². The van der Waals surface area contributed by atoms with Crippen LogP contribution in [0.4, 0.5) is 0 Å². The SMILES string of the molecule is CCCCn1cnc2scc(-c3ccccc3)c2c1=O. The maximum Gasteiger partial charge on any atom is 0.262 e. The van der Waals surface area contributed by atoms with Gasteiger partial charge in [-0.25, -0.2) is 4.98 Å². The molecular formula is C16H16N2OS. The molecule has 3 aromatic rings. The smallest absolute Gasteiger partial charge is 0.262 e. The minimum absolute atomic E-state index is 0.0727. The highest BCUT2D eigenvalue weighted by atomic mass is 32.1. The highest BCUT2D eigenvalue weighted by Gasteiger charge is 2.12. The second kappa shape index (κ2) is 5.59. The van der Waals surface area contributed by atoms with Crippen LogP contribution in [0, 0.1) is 0 Å². The van der Waals surface area contributed by atoms with Crippen molar-refractivity contribution in [2.45, 2.75) is 26.3 Å². The average molecular weight is 284 g/mol. The van der Waals surface area contributed by atoms with Gasteiger partial charge in [-0.2, -0.15) is 0 Å². The molecule has 0 fully saturated rings. The highest BCUT2D eigenvalue weighted by Crippen LogP contribution is 2.30. The van der Waals surface area contributed by atoms with Crippen LogP contribution in [0.15, 0.2) is 46.8 Å².